The first-order valence-corrected chi connectivity index (χ1v) is 10.3. The van der Waals surface area contributed by atoms with Crippen LogP contribution in [0.3, 0.4) is 0 Å². The number of likely N-dealkylation sites (tertiary alicyclic amines) is 1. The average molecular weight is 389 g/mol. The Morgan fingerprint density at radius 3 is 2.93 bits per heavy atom. The Bertz CT molecular complexity index is 771. The fourth-order valence-corrected chi connectivity index (χ4v) is 4.46. The van der Waals surface area contributed by atoms with E-state index in [2.05, 4.69) is 29.4 Å². The number of aryl methyl sites for hydroxylation is 2. The summed E-state index contributed by atoms with van der Waals surface area (Å²) in [4.78, 5) is 33.8. The van der Waals surface area contributed by atoms with Gasteiger partial charge in [-0.2, -0.15) is 0 Å². The van der Waals surface area contributed by atoms with Crippen molar-refractivity contribution in [3.05, 3.63) is 40.6 Å². The van der Waals surface area contributed by atoms with Crippen LogP contribution >= 0.6 is 11.3 Å². The highest BCUT2D eigenvalue weighted by Crippen LogP contribution is 2.30. The maximum Gasteiger partial charge on any atom is 0.227 e. The zero-order valence-electron chi connectivity index (χ0n) is 16.1. The molecule has 146 valence electrons. The van der Waals surface area contributed by atoms with Gasteiger partial charge in [-0.3, -0.25) is 9.59 Å². The number of hydrogen-bond donors (Lipinski definition) is 1. The second-order valence-corrected chi connectivity index (χ2v) is 8.92. The number of nitrogens with zero attached hydrogens (tertiary/aromatic N) is 3. The van der Waals surface area contributed by atoms with E-state index in [1.54, 1.807) is 23.9 Å². The number of carbonyl (C=O) groups is 2. The Hall–Kier alpha value is -2.15. The van der Waals surface area contributed by atoms with Crippen molar-refractivity contribution < 1.29 is 9.59 Å². The molecule has 6 nitrogen and oxygen atoms in total. The van der Waals surface area contributed by atoms with E-state index in [0.717, 1.165) is 25.8 Å². The number of nitrogens with one attached hydrogen (secondary N) is 1. The fourth-order valence-electron chi connectivity index (χ4n) is 3.57. The average Bonchev–Trinajstić information content (AvgIpc) is 3.31. The maximum atomic E-state index is 12.8. The van der Waals surface area contributed by atoms with Crippen molar-refractivity contribution >= 4 is 23.2 Å². The van der Waals surface area contributed by atoms with Crippen LogP contribution < -0.4 is 5.32 Å². The first kappa shape index (κ1) is 19.6. The Kier molecular flexibility index (Phi) is 6.31. The maximum absolute atomic E-state index is 12.8. The van der Waals surface area contributed by atoms with Crippen LogP contribution in [0.4, 0.5) is 0 Å². The SMILES string of the molecule is Cc1ccc(CCNC(=O)[C@]2(C)CCCN(C(=O)CCn3ccnc3)C2)s1. The largest absolute Gasteiger partial charge is 0.355 e. The monoisotopic (exact) mass is 388 g/mol. The number of amides is 2. The summed E-state index contributed by atoms with van der Waals surface area (Å²) in [7, 11) is 0. The van der Waals surface area contributed by atoms with E-state index in [0.29, 0.717) is 26.1 Å². The van der Waals surface area contributed by atoms with Crippen LogP contribution in [0.25, 0.3) is 0 Å². The highest BCUT2D eigenvalue weighted by molar-refractivity contribution is 7.11. The molecule has 27 heavy (non-hydrogen) atoms. The third kappa shape index (κ3) is 5.19. The molecule has 0 aliphatic carbocycles. The summed E-state index contributed by atoms with van der Waals surface area (Å²) in [5, 5.41) is 3.08. The lowest BCUT2D eigenvalue weighted by Gasteiger charge is -2.39. The second-order valence-electron chi connectivity index (χ2n) is 7.55. The van der Waals surface area contributed by atoms with Crippen LogP contribution in [0.15, 0.2) is 30.9 Å². The molecular weight excluding hydrogens is 360 g/mol. The van der Waals surface area contributed by atoms with Crippen LogP contribution in [0.2, 0.25) is 0 Å². The van der Waals surface area contributed by atoms with Gasteiger partial charge in [-0.25, -0.2) is 4.98 Å². The van der Waals surface area contributed by atoms with Crippen LogP contribution in [0.1, 0.15) is 35.9 Å². The molecule has 0 aromatic carbocycles. The van der Waals surface area contributed by atoms with Gasteiger partial charge in [0, 0.05) is 54.7 Å². The second kappa shape index (κ2) is 8.69. The summed E-state index contributed by atoms with van der Waals surface area (Å²) in [6.45, 7) is 6.57. The van der Waals surface area contributed by atoms with E-state index in [4.69, 9.17) is 0 Å². The van der Waals surface area contributed by atoms with Gasteiger partial charge in [-0.15, -0.1) is 11.3 Å². The lowest BCUT2D eigenvalue weighted by atomic mass is 9.80. The van der Waals surface area contributed by atoms with E-state index in [1.807, 2.05) is 22.6 Å². The topological polar surface area (TPSA) is 67.2 Å². The van der Waals surface area contributed by atoms with Gasteiger partial charge in [0.15, 0.2) is 0 Å². The van der Waals surface area contributed by atoms with Crippen molar-refractivity contribution in [3.63, 3.8) is 0 Å². The summed E-state index contributed by atoms with van der Waals surface area (Å²) in [5.41, 5.74) is -0.506. The molecule has 0 bridgehead atoms. The molecule has 1 fully saturated rings. The third-order valence-electron chi connectivity index (χ3n) is 5.19. The fraction of sp³-hybridized carbons (Fsp3) is 0.550. The predicted octanol–water partition coefficient (Wildman–Crippen LogP) is 2.63. The third-order valence-corrected chi connectivity index (χ3v) is 6.25. The predicted molar refractivity (Wildman–Crippen MR) is 107 cm³/mol. The van der Waals surface area contributed by atoms with E-state index >= 15 is 0 Å². The number of imidazole rings is 1. The summed E-state index contributed by atoms with van der Waals surface area (Å²) in [6, 6.07) is 4.23. The van der Waals surface area contributed by atoms with E-state index < -0.39 is 5.41 Å². The molecule has 2 amide bonds. The van der Waals surface area contributed by atoms with Crippen molar-refractivity contribution in [1.29, 1.82) is 0 Å². The number of piperidine rings is 1. The zero-order chi connectivity index (χ0) is 19.3. The molecule has 1 aliphatic heterocycles. The number of hydrogen-bond acceptors (Lipinski definition) is 4. The number of rotatable bonds is 7. The molecular formula is C20H28N4O2S. The minimum absolute atomic E-state index is 0.0582. The van der Waals surface area contributed by atoms with Gasteiger partial charge < -0.3 is 14.8 Å². The van der Waals surface area contributed by atoms with E-state index in [9.17, 15) is 9.59 Å². The zero-order valence-corrected chi connectivity index (χ0v) is 16.9. The van der Waals surface area contributed by atoms with Crippen LogP contribution in [0, 0.1) is 12.3 Å². The Morgan fingerprint density at radius 2 is 2.22 bits per heavy atom. The minimum atomic E-state index is -0.506. The van der Waals surface area contributed by atoms with Crippen molar-refractivity contribution in [2.45, 2.75) is 46.1 Å². The Labute approximate surface area is 164 Å². The minimum Gasteiger partial charge on any atom is -0.355 e. The normalized spacial score (nSPS) is 19.9. The summed E-state index contributed by atoms with van der Waals surface area (Å²) in [6.07, 6.45) is 8.27. The first-order chi connectivity index (χ1) is 13.0. The van der Waals surface area contributed by atoms with Crippen molar-refractivity contribution in [1.82, 2.24) is 19.8 Å². The molecule has 7 heteroatoms. The van der Waals surface area contributed by atoms with Crippen molar-refractivity contribution in [2.75, 3.05) is 19.6 Å². The number of thiophene rings is 1. The van der Waals surface area contributed by atoms with Gasteiger partial charge in [0.25, 0.3) is 0 Å². The lowest BCUT2D eigenvalue weighted by molar-refractivity contribution is -0.140. The Balaban J connectivity index is 1.48. The van der Waals surface area contributed by atoms with Gasteiger partial charge >= 0.3 is 0 Å². The van der Waals surface area contributed by atoms with E-state index in [1.165, 1.54) is 9.75 Å². The molecule has 1 atom stereocenters. The van der Waals surface area contributed by atoms with Crippen LogP contribution in [0.5, 0.6) is 0 Å². The van der Waals surface area contributed by atoms with Gasteiger partial charge in [-0.1, -0.05) is 0 Å². The molecule has 0 saturated carbocycles. The first-order valence-electron chi connectivity index (χ1n) is 9.53. The quantitative estimate of drug-likeness (QED) is 0.793. The van der Waals surface area contributed by atoms with Gasteiger partial charge in [0.05, 0.1) is 11.7 Å². The van der Waals surface area contributed by atoms with Gasteiger partial charge in [0.1, 0.15) is 0 Å². The molecule has 0 spiro atoms. The highest BCUT2D eigenvalue weighted by atomic mass is 32.1. The molecule has 1 aliphatic rings. The molecule has 1 saturated heterocycles. The lowest BCUT2D eigenvalue weighted by Crippen LogP contribution is -2.52. The van der Waals surface area contributed by atoms with Crippen molar-refractivity contribution in [3.8, 4) is 0 Å². The number of aromatic nitrogens is 2. The standard InChI is InChI=1S/C20H28N4O2S/c1-16-4-5-17(27-16)6-9-22-19(26)20(2)8-3-11-24(14-20)18(25)7-12-23-13-10-21-15-23/h4-5,10,13,15H,3,6-9,11-12,14H2,1-2H3,(H,22,26)/t20-/m1/s1. The summed E-state index contributed by atoms with van der Waals surface area (Å²) in [5.74, 6) is 0.166. The van der Waals surface area contributed by atoms with Gasteiger partial charge in [0.2, 0.25) is 11.8 Å². The van der Waals surface area contributed by atoms with Crippen LogP contribution in [-0.4, -0.2) is 45.9 Å². The molecule has 3 rings (SSSR count). The molecule has 3 heterocycles. The summed E-state index contributed by atoms with van der Waals surface area (Å²) < 4.78 is 1.90. The number of carbonyl (C=O) groups excluding carboxylic acids is 2. The molecule has 0 radical (unpaired) electrons. The molecule has 2 aromatic heterocycles. The Morgan fingerprint density at radius 1 is 1.37 bits per heavy atom. The highest BCUT2D eigenvalue weighted by Gasteiger charge is 2.38. The smallest absolute Gasteiger partial charge is 0.227 e. The van der Waals surface area contributed by atoms with Crippen molar-refractivity contribution in [2.24, 2.45) is 5.41 Å². The van der Waals surface area contributed by atoms with Crippen LogP contribution in [-0.2, 0) is 22.6 Å². The molecule has 1 N–H and O–H groups in total. The molecule has 2 aromatic rings. The summed E-state index contributed by atoms with van der Waals surface area (Å²) >= 11 is 1.77. The van der Waals surface area contributed by atoms with E-state index in [-0.39, 0.29) is 11.8 Å². The van der Waals surface area contributed by atoms with Gasteiger partial charge in [-0.05, 0) is 45.2 Å². The molecule has 0 unspecified atom stereocenters.